The lowest BCUT2D eigenvalue weighted by molar-refractivity contribution is 0.304. The van der Waals surface area contributed by atoms with Crippen LogP contribution in [0, 0.1) is 5.82 Å². The molecule has 0 aliphatic heterocycles. The van der Waals surface area contributed by atoms with Crippen LogP contribution in [-0.4, -0.2) is 6.61 Å². The van der Waals surface area contributed by atoms with Gasteiger partial charge in [-0.15, -0.1) is 0 Å². The first-order valence-corrected chi connectivity index (χ1v) is 4.89. The van der Waals surface area contributed by atoms with Gasteiger partial charge in [-0.1, -0.05) is 19.4 Å². The van der Waals surface area contributed by atoms with E-state index >= 15 is 0 Å². The molecule has 3 heteroatoms. The Hall–Kier alpha value is -1.09. The third kappa shape index (κ3) is 2.70. The van der Waals surface area contributed by atoms with Crippen molar-refractivity contribution in [3.8, 4) is 5.75 Å². The van der Waals surface area contributed by atoms with E-state index in [0.29, 0.717) is 17.9 Å². The second kappa shape index (κ2) is 5.60. The van der Waals surface area contributed by atoms with Crippen LogP contribution in [0.5, 0.6) is 5.75 Å². The number of rotatable bonds is 5. The van der Waals surface area contributed by atoms with Crippen molar-refractivity contribution in [1.29, 1.82) is 0 Å². The second-order valence-corrected chi connectivity index (χ2v) is 3.12. The van der Waals surface area contributed by atoms with Gasteiger partial charge in [0.25, 0.3) is 0 Å². The summed E-state index contributed by atoms with van der Waals surface area (Å²) >= 11 is 0. The van der Waals surface area contributed by atoms with Crippen LogP contribution in [0.1, 0.15) is 25.3 Å². The van der Waals surface area contributed by atoms with E-state index in [-0.39, 0.29) is 12.4 Å². The molecule has 0 spiro atoms. The van der Waals surface area contributed by atoms with Crippen molar-refractivity contribution in [2.75, 3.05) is 6.61 Å². The van der Waals surface area contributed by atoms with Gasteiger partial charge < -0.3 is 10.5 Å². The molecule has 14 heavy (non-hydrogen) atoms. The van der Waals surface area contributed by atoms with Gasteiger partial charge in [0, 0.05) is 12.1 Å². The Morgan fingerprint density at radius 2 is 2.21 bits per heavy atom. The van der Waals surface area contributed by atoms with Gasteiger partial charge in [-0.25, -0.2) is 4.39 Å². The molecule has 0 saturated carbocycles. The van der Waals surface area contributed by atoms with E-state index < -0.39 is 0 Å². The molecule has 0 aromatic heterocycles. The fourth-order valence-electron chi connectivity index (χ4n) is 1.20. The number of nitrogens with two attached hydrogens (primary N) is 1. The highest BCUT2D eigenvalue weighted by Gasteiger charge is 2.06. The minimum absolute atomic E-state index is 0.175. The predicted molar refractivity (Wildman–Crippen MR) is 54.7 cm³/mol. The quantitative estimate of drug-likeness (QED) is 0.736. The molecule has 0 fully saturated rings. The van der Waals surface area contributed by atoms with E-state index in [9.17, 15) is 4.39 Å². The molecule has 0 atom stereocenters. The van der Waals surface area contributed by atoms with Crippen molar-refractivity contribution in [3.05, 3.63) is 29.6 Å². The number of ether oxygens (including phenoxy) is 1. The van der Waals surface area contributed by atoms with Crippen molar-refractivity contribution in [2.24, 2.45) is 5.73 Å². The maximum absolute atomic E-state index is 13.2. The lowest BCUT2D eigenvalue weighted by Crippen LogP contribution is -2.05. The number of halogens is 1. The number of hydrogen-bond acceptors (Lipinski definition) is 2. The fraction of sp³-hybridized carbons (Fsp3) is 0.455. The van der Waals surface area contributed by atoms with E-state index in [1.165, 1.54) is 6.07 Å². The van der Waals surface area contributed by atoms with Crippen LogP contribution in [0.3, 0.4) is 0 Å². The van der Waals surface area contributed by atoms with E-state index in [0.717, 1.165) is 12.8 Å². The topological polar surface area (TPSA) is 35.2 Å². The predicted octanol–water partition coefficient (Wildman–Crippen LogP) is 2.46. The molecule has 0 saturated heterocycles. The van der Waals surface area contributed by atoms with Gasteiger partial charge >= 0.3 is 0 Å². The van der Waals surface area contributed by atoms with Crippen molar-refractivity contribution in [1.82, 2.24) is 0 Å². The normalized spacial score (nSPS) is 10.2. The summed E-state index contributed by atoms with van der Waals surface area (Å²) in [6, 6.07) is 4.78. The molecule has 0 bridgehead atoms. The molecule has 0 aliphatic carbocycles. The third-order valence-electron chi connectivity index (χ3n) is 2.04. The molecule has 1 aromatic rings. The Morgan fingerprint density at radius 3 is 2.86 bits per heavy atom. The van der Waals surface area contributed by atoms with Gasteiger partial charge in [-0.2, -0.15) is 0 Å². The van der Waals surface area contributed by atoms with Crippen LogP contribution in [-0.2, 0) is 6.54 Å². The Kier molecular flexibility index (Phi) is 4.40. The Labute approximate surface area is 83.9 Å². The summed E-state index contributed by atoms with van der Waals surface area (Å²) in [5, 5.41) is 0. The SMILES string of the molecule is CCCCOc1cccc(F)c1CN. The van der Waals surface area contributed by atoms with Gasteiger partial charge in [0.1, 0.15) is 11.6 Å². The zero-order valence-electron chi connectivity index (χ0n) is 8.42. The summed E-state index contributed by atoms with van der Waals surface area (Å²) in [6.45, 7) is 2.87. The van der Waals surface area contributed by atoms with Gasteiger partial charge in [-0.05, 0) is 18.6 Å². The summed E-state index contributed by atoms with van der Waals surface area (Å²) in [6.07, 6.45) is 2.04. The summed E-state index contributed by atoms with van der Waals surface area (Å²) in [4.78, 5) is 0. The summed E-state index contributed by atoms with van der Waals surface area (Å²) < 4.78 is 18.6. The van der Waals surface area contributed by atoms with Gasteiger partial charge in [0.05, 0.1) is 6.61 Å². The largest absolute Gasteiger partial charge is 0.493 e. The third-order valence-corrected chi connectivity index (χ3v) is 2.04. The first-order chi connectivity index (χ1) is 6.79. The van der Waals surface area contributed by atoms with Crippen LogP contribution >= 0.6 is 0 Å². The van der Waals surface area contributed by atoms with E-state index in [1.807, 2.05) is 0 Å². The van der Waals surface area contributed by atoms with Crippen molar-refractivity contribution in [3.63, 3.8) is 0 Å². The molecule has 0 unspecified atom stereocenters. The van der Waals surface area contributed by atoms with Crippen LogP contribution in [0.2, 0.25) is 0 Å². The number of benzene rings is 1. The molecule has 0 aliphatic rings. The van der Waals surface area contributed by atoms with Crippen molar-refractivity contribution in [2.45, 2.75) is 26.3 Å². The summed E-state index contributed by atoms with van der Waals surface area (Å²) in [7, 11) is 0. The first-order valence-electron chi connectivity index (χ1n) is 4.89. The highest BCUT2D eigenvalue weighted by atomic mass is 19.1. The van der Waals surface area contributed by atoms with E-state index in [2.05, 4.69) is 6.92 Å². The Balaban J connectivity index is 2.70. The van der Waals surface area contributed by atoms with Crippen molar-refractivity contribution >= 4 is 0 Å². The average molecular weight is 197 g/mol. The Bertz CT molecular complexity index is 289. The summed E-state index contributed by atoms with van der Waals surface area (Å²) in [5.74, 6) is 0.280. The molecule has 0 heterocycles. The number of unbranched alkanes of at least 4 members (excludes halogenated alkanes) is 1. The van der Waals surface area contributed by atoms with E-state index in [1.54, 1.807) is 12.1 Å². The molecule has 0 radical (unpaired) electrons. The molecule has 0 amide bonds. The second-order valence-electron chi connectivity index (χ2n) is 3.12. The molecule has 1 aromatic carbocycles. The molecular weight excluding hydrogens is 181 g/mol. The minimum Gasteiger partial charge on any atom is -0.493 e. The van der Waals surface area contributed by atoms with Crippen molar-refractivity contribution < 1.29 is 9.13 Å². The van der Waals surface area contributed by atoms with Crippen LogP contribution < -0.4 is 10.5 Å². The highest BCUT2D eigenvalue weighted by Crippen LogP contribution is 2.20. The monoisotopic (exact) mass is 197 g/mol. The zero-order valence-corrected chi connectivity index (χ0v) is 8.42. The zero-order chi connectivity index (χ0) is 10.4. The highest BCUT2D eigenvalue weighted by molar-refractivity contribution is 5.34. The van der Waals surface area contributed by atoms with Crippen LogP contribution in [0.25, 0.3) is 0 Å². The van der Waals surface area contributed by atoms with Gasteiger partial charge in [0.15, 0.2) is 0 Å². The standard InChI is InChI=1S/C11H16FNO/c1-2-3-7-14-11-6-4-5-10(12)9(11)8-13/h4-6H,2-3,7-8,13H2,1H3. The fourth-order valence-corrected chi connectivity index (χ4v) is 1.20. The Morgan fingerprint density at radius 1 is 1.43 bits per heavy atom. The van der Waals surface area contributed by atoms with E-state index in [4.69, 9.17) is 10.5 Å². The van der Waals surface area contributed by atoms with Gasteiger partial charge in [-0.3, -0.25) is 0 Å². The average Bonchev–Trinajstić information content (AvgIpc) is 2.18. The van der Waals surface area contributed by atoms with Crippen LogP contribution in [0.15, 0.2) is 18.2 Å². The first kappa shape index (κ1) is 11.0. The smallest absolute Gasteiger partial charge is 0.131 e. The summed E-state index contributed by atoms with van der Waals surface area (Å²) in [5.41, 5.74) is 5.90. The molecular formula is C11H16FNO. The molecule has 78 valence electrons. The molecule has 2 nitrogen and oxygen atoms in total. The molecule has 1 rings (SSSR count). The maximum atomic E-state index is 13.2. The lowest BCUT2D eigenvalue weighted by atomic mass is 10.2. The minimum atomic E-state index is -0.290. The maximum Gasteiger partial charge on any atom is 0.131 e. The lowest BCUT2D eigenvalue weighted by Gasteiger charge is -2.10. The van der Waals surface area contributed by atoms with Gasteiger partial charge in [0.2, 0.25) is 0 Å². The molecule has 2 N–H and O–H groups in total. The van der Waals surface area contributed by atoms with Crippen LogP contribution in [0.4, 0.5) is 4.39 Å². The number of hydrogen-bond donors (Lipinski definition) is 1.